The molecule has 2 N–H and O–H groups in total. The maximum atomic E-state index is 12.5. The van der Waals surface area contributed by atoms with Gasteiger partial charge in [0.1, 0.15) is 5.75 Å². The van der Waals surface area contributed by atoms with Crippen LogP contribution in [0.25, 0.3) is 0 Å². The molecule has 2 aromatic rings. The van der Waals surface area contributed by atoms with Crippen molar-refractivity contribution in [2.45, 2.75) is 24.7 Å². The van der Waals surface area contributed by atoms with E-state index in [9.17, 15) is 13.2 Å². The van der Waals surface area contributed by atoms with Gasteiger partial charge in [0.25, 0.3) is 15.9 Å². The highest BCUT2D eigenvalue weighted by Crippen LogP contribution is 2.28. The Morgan fingerprint density at radius 3 is 2.42 bits per heavy atom. The van der Waals surface area contributed by atoms with Crippen molar-refractivity contribution in [3.8, 4) is 5.75 Å². The molecule has 2 rings (SSSR count). The fourth-order valence-corrected chi connectivity index (χ4v) is 3.52. The SMILES string of the molecule is CCCCNC(=O)c1ccc(S(=O)(=O)Nc2ccc(OC)c(Cl)c2)cc1. The summed E-state index contributed by atoms with van der Waals surface area (Å²) in [6, 6.07) is 10.3. The van der Waals surface area contributed by atoms with Crippen molar-refractivity contribution in [1.82, 2.24) is 5.32 Å². The van der Waals surface area contributed by atoms with Crippen LogP contribution in [0.5, 0.6) is 5.75 Å². The molecule has 0 radical (unpaired) electrons. The molecule has 1 amide bonds. The smallest absolute Gasteiger partial charge is 0.261 e. The third kappa shape index (κ3) is 5.12. The standard InChI is InChI=1S/C18H21ClN2O4S/c1-3-4-11-20-18(22)13-5-8-15(9-6-13)26(23,24)21-14-7-10-17(25-2)16(19)12-14/h5-10,12,21H,3-4,11H2,1-2H3,(H,20,22). The number of hydrogen-bond donors (Lipinski definition) is 2. The molecule has 0 bridgehead atoms. The Morgan fingerprint density at radius 2 is 1.85 bits per heavy atom. The van der Waals surface area contributed by atoms with Gasteiger partial charge in [0.2, 0.25) is 0 Å². The average Bonchev–Trinajstić information content (AvgIpc) is 2.62. The van der Waals surface area contributed by atoms with Gasteiger partial charge in [0.15, 0.2) is 0 Å². The lowest BCUT2D eigenvalue weighted by atomic mass is 10.2. The number of nitrogens with one attached hydrogen (secondary N) is 2. The normalized spacial score (nSPS) is 11.0. The zero-order valence-electron chi connectivity index (χ0n) is 14.6. The second-order valence-corrected chi connectivity index (χ2v) is 7.68. The lowest BCUT2D eigenvalue weighted by Gasteiger charge is -2.10. The van der Waals surface area contributed by atoms with E-state index in [2.05, 4.69) is 10.0 Å². The van der Waals surface area contributed by atoms with Crippen molar-refractivity contribution < 1.29 is 17.9 Å². The van der Waals surface area contributed by atoms with E-state index in [1.54, 1.807) is 12.1 Å². The number of unbranched alkanes of at least 4 members (excludes halogenated alkanes) is 1. The molecule has 2 aromatic carbocycles. The predicted molar refractivity (Wildman–Crippen MR) is 102 cm³/mol. The van der Waals surface area contributed by atoms with E-state index < -0.39 is 10.0 Å². The van der Waals surface area contributed by atoms with Crippen LogP contribution in [0.1, 0.15) is 30.1 Å². The number of benzene rings is 2. The number of sulfonamides is 1. The Bertz CT molecular complexity index is 867. The van der Waals surface area contributed by atoms with Crippen molar-refractivity contribution in [1.29, 1.82) is 0 Å². The fourth-order valence-electron chi connectivity index (χ4n) is 2.21. The highest BCUT2D eigenvalue weighted by molar-refractivity contribution is 7.92. The Labute approximate surface area is 158 Å². The van der Waals surface area contributed by atoms with Gasteiger partial charge >= 0.3 is 0 Å². The molecule has 0 aliphatic heterocycles. The molecule has 0 saturated carbocycles. The van der Waals surface area contributed by atoms with Crippen LogP contribution in [0.3, 0.4) is 0 Å². The number of hydrogen-bond acceptors (Lipinski definition) is 4. The zero-order chi connectivity index (χ0) is 19.2. The van der Waals surface area contributed by atoms with Crippen molar-refractivity contribution in [2.75, 3.05) is 18.4 Å². The molecule has 0 saturated heterocycles. The van der Waals surface area contributed by atoms with E-state index in [0.717, 1.165) is 12.8 Å². The first kappa shape index (κ1) is 20.1. The van der Waals surface area contributed by atoms with Gasteiger partial charge in [0.05, 0.1) is 22.7 Å². The van der Waals surface area contributed by atoms with Crippen LogP contribution in [-0.2, 0) is 10.0 Å². The molecule has 0 heterocycles. The molecule has 0 aromatic heterocycles. The first-order valence-corrected chi connectivity index (χ1v) is 9.98. The monoisotopic (exact) mass is 396 g/mol. The molecule has 0 fully saturated rings. The Hall–Kier alpha value is -2.25. The van der Waals surface area contributed by atoms with Crippen LogP contribution in [0, 0.1) is 0 Å². The third-order valence-electron chi connectivity index (χ3n) is 3.65. The summed E-state index contributed by atoms with van der Waals surface area (Å²) in [7, 11) is -2.32. The van der Waals surface area contributed by atoms with Crippen LogP contribution in [0.4, 0.5) is 5.69 Å². The van der Waals surface area contributed by atoms with Crippen molar-refractivity contribution in [3.63, 3.8) is 0 Å². The van der Waals surface area contributed by atoms with Gasteiger partial charge in [-0.1, -0.05) is 24.9 Å². The fraction of sp³-hybridized carbons (Fsp3) is 0.278. The molecular weight excluding hydrogens is 376 g/mol. The Morgan fingerprint density at radius 1 is 1.15 bits per heavy atom. The molecule has 6 nitrogen and oxygen atoms in total. The molecule has 8 heteroatoms. The van der Waals surface area contributed by atoms with E-state index in [1.165, 1.54) is 37.4 Å². The van der Waals surface area contributed by atoms with Gasteiger partial charge in [-0.05, 0) is 48.9 Å². The summed E-state index contributed by atoms with van der Waals surface area (Å²) in [6.45, 7) is 2.63. The maximum Gasteiger partial charge on any atom is 0.261 e. The minimum absolute atomic E-state index is 0.0505. The van der Waals surface area contributed by atoms with E-state index in [1.807, 2.05) is 6.92 Å². The molecule has 0 unspecified atom stereocenters. The zero-order valence-corrected chi connectivity index (χ0v) is 16.2. The van der Waals surface area contributed by atoms with E-state index in [4.69, 9.17) is 16.3 Å². The first-order valence-electron chi connectivity index (χ1n) is 8.12. The number of anilines is 1. The van der Waals surface area contributed by atoms with Gasteiger partial charge in [-0.15, -0.1) is 0 Å². The summed E-state index contributed by atoms with van der Waals surface area (Å²) in [5.41, 5.74) is 0.727. The summed E-state index contributed by atoms with van der Waals surface area (Å²) in [6.07, 6.45) is 1.88. The summed E-state index contributed by atoms with van der Waals surface area (Å²) in [5, 5.41) is 3.08. The Kier molecular flexibility index (Phi) is 6.88. The summed E-state index contributed by atoms with van der Waals surface area (Å²) >= 11 is 6.01. The number of carbonyl (C=O) groups excluding carboxylic acids is 1. The van der Waals surface area contributed by atoms with Gasteiger partial charge in [-0.3, -0.25) is 9.52 Å². The van der Waals surface area contributed by atoms with Gasteiger partial charge in [0, 0.05) is 12.1 Å². The molecule has 0 aliphatic carbocycles. The highest BCUT2D eigenvalue weighted by atomic mass is 35.5. The topological polar surface area (TPSA) is 84.5 Å². The van der Waals surface area contributed by atoms with Crippen molar-refractivity contribution >= 4 is 33.2 Å². The van der Waals surface area contributed by atoms with Crippen LogP contribution < -0.4 is 14.8 Å². The number of methoxy groups -OCH3 is 1. The summed E-state index contributed by atoms with van der Waals surface area (Å²) < 4.78 is 32.4. The lowest BCUT2D eigenvalue weighted by Crippen LogP contribution is -2.24. The minimum atomic E-state index is -3.79. The maximum absolute atomic E-state index is 12.5. The summed E-state index contributed by atoms with van der Waals surface area (Å²) in [4.78, 5) is 12.0. The Balaban J connectivity index is 2.11. The third-order valence-corrected chi connectivity index (χ3v) is 5.34. The number of ether oxygens (including phenoxy) is 1. The predicted octanol–water partition coefficient (Wildman–Crippen LogP) is 3.68. The second-order valence-electron chi connectivity index (χ2n) is 5.59. The molecule has 140 valence electrons. The lowest BCUT2D eigenvalue weighted by molar-refractivity contribution is 0.0953. The quantitative estimate of drug-likeness (QED) is 0.666. The van der Waals surface area contributed by atoms with Crippen LogP contribution >= 0.6 is 11.6 Å². The molecule has 0 aliphatic rings. The molecular formula is C18H21ClN2O4S. The van der Waals surface area contributed by atoms with Crippen LogP contribution in [0.15, 0.2) is 47.4 Å². The van der Waals surface area contributed by atoms with E-state index in [0.29, 0.717) is 28.6 Å². The largest absolute Gasteiger partial charge is 0.495 e. The molecule has 0 atom stereocenters. The second kappa shape index (κ2) is 8.91. The number of carbonyl (C=O) groups is 1. The number of halogens is 1. The van der Waals surface area contributed by atoms with Crippen molar-refractivity contribution in [2.24, 2.45) is 0 Å². The minimum Gasteiger partial charge on any atom is -0.495 e. The molecule has 0 spiro atoms. The average molecular weight is 397 g/mol. The van der Waals surface area contributed by atoms with Crippen molar-refractivity contribution in [3.05, 3.63) is 53.1 Å². The first-order chi connectivity index (χ1) is 12.4. The summed E-state index contributed by atoms with van der Waals surface area (Å²) in [5.74, 6) is 0.227. The van der Waals surface area contributed by atoms with Crippen LogP contribution in [-0.4, -0.2) is 28.0 Å². The van der Waals surface area contributed by atoms with Gasteiger partial charge in [-0.2, -0.15) is 0 Å². The number of rotatable bonds is 8. The van der Waals surface area contributed by atoms with E-state index >= 15 is 0 Å². The van der Waals surface area contributed by atoms with Gasteiger partial charge in [-0.25, -0.2) is 8.42 Å². The highest BCUT2D eigenvalue weighted by Gasteiger charge is 2.16. The molecule has 26 heavy (non-hydrogen) atoms. The van der Waals surface area contributed by atoms with Gasteiger partial charge < -0.3 is 10.1 Å². The number of amides is 1. The van der Waals surface area contributed by atoms with E-state index in [-0.39, 0.29) is 10.8 Å². The van der Waals surface area contributed by atoms with Crippen LogP contribution in [0.2, 0.25) is 5.02 Å².